The molecule has 4 heteroatoms. The lowest BCUT2D eigenvalue weighted by atomic mass is 10.3. The molecule has 0 saturated heterocycles. The number of nitrogens with zero attached hydrogens (tertiary/aromatic N) is 1. The van der Waals surface area contributed by atoms with Gasteiger partial charge in [-0.15, -0.1) is 0 Å². The maximum Gasteiger partial charge on any atom is 0.154 e. The van der Waals surface area contributed by atoms with E-state index in [9.17, 15) is 0 Å². The molecule has 0 amide bonds. The zero-order chi connectivity index (χ0) is 8.55. The minimum absolute atomic E-state index is 0.380. The number of fused-ring (bicyclic) bond motifs is 1. The summed E-state index contributed by atoms with van der Waals surface area (Å²) in [4.78, 5) is 3.89. The molecule has 0 aliphatic carbocycles. The molecule has 3 nitrogen and oxygen atoms in total. The van der Waals surface area contributed by atoms with Crippen LogP contribution >= 0.6 is 11.6 Å². The van der Waals surface area contributed by atoms with Gasteiger partial charge in [0.2, 0.25) is 0 Å². The molecule has 0 bridgehead atoms. The number of rotatable bonds is 1. The lowest BCUT2D eigenvalue weighted by Gasteiger charge is -1.87. The topological polar surface area (TPSA) is 52.0 Å². The first-order valence-electron chi connectivity index (χ1n) is 3.53. The molecule has 2 aromatic rings. The Morgan fingerprint density at radius 1 is 1.50 bits per heavy atom. The Labute approximate surface area is 74.1 Å². The monoisotopic (exact) mass is 182 g/mol. The standard InChI is InChI=1S/C8H7ClN2O/c9-7-3-11-4-8-6(7)1-5(2-10)12-8/h1,3-4H,2,10H2. The number of nitrogens with two attached hydrogens (primary N) is 1. The molecule has 0 atom stereocenters. The van der Waals surface area contributed by atoms with E-state index in [0.29, 0.717) is 17.2 Å². The highest BCUT2D eigenvalue weighted by Crippen LogP contribution is 2.24. The molecule has 2 aromatic heterocycles. The predicted molar refractivity (Wildman–Crippen MR) is 46.9 cm³/mol. The van der Waals surface area contributed by atoms with Crippen LogP contribution in [0.4, 0.5) is 0 Å². The van der Waals surface area contributed by atoms with E-state index in [1.54, 1.807) is 12.4 Å². The van der Waals surface area contributed by atoms with Crippen molar-refractivity contribution < 1.29 is 4.42 Å². The molecule has 62 valence electrons. The smallest absolute Gasteiger partial charge is 0.154 e. The van der Waals surface area contributed by atoms with Gasteiger partial charge in [-0.3, -0.25) is 4.98 Å². The van der Waals surface area contributed by atoms with Crippen molar-refractivity contribution in [1.29, 1.82) is 0 Å². The van der Waals surface area contributed by atoms with Gasteiger partial charge in [0, 0.05) is 11.6 Å². The summed E-state index contributed by atoms with van der Waals surface area (Å²) >= 11 is 5.86. The van der Waals surface area contributed by atoms with Crippen LogP contribution in [0.2, 0.25) is 5.02 Å². The number of aromatic nitrogens is 1. The highest BCUT2D eigenvalue weighted by Gasteiger charge is 2.04. The van der Waals surface area contributed by atoms with Crippen molar-refractivity contribution in [2.45, 2.75) is 6.54 Å². The molecule has 0 aliphatic heterocycles. The van der Waals surface area contributed by atoms with Crippen LogP contribution in [-0.2, 0) is 6.54 Å². The quantitative estimate of drug-likeness (QED) is 0.734. The minimum atomic E-state index is 0.380. The highest BCUT2D eigenvalue weighted by molar-refractivity contribution is 6.35. The van der Waals surface area contributed by atoms with Crippen LogP contribution in [0.15, 0.2) is 22.9 Å². The molecule has 0 saturated carbocycles. The largest absolute Gasteiger partial charge is 0.458 e. The van der Waals surface area contributed by atoms with Gasteiger partial charge in [-0.1, -0.05) is 11.6 Å². The second kappa shape index (κ2) is 2.77. The molecule has 0 spiro atoms. The Hall–Kier alpha value is -1.06. The zero-order valence-electron chi connectivity index (χ0n) is 6.25. The Balaban J connectivity index is 2.74. The van der Waals surface area contributed by atoms with Gasteiger partial charge in [0.25, 0.3) is 0 Å². The lowest BCUT2D eigenvalue weighted by Crippen LogP contribution is -1.92. The molecule has 12 heavy (non-hydrogen) atoms. The van der Waals surface area contributed by atoms with E-state index in [4.69, 9.17) is 21.8 Å². The van der Waals surface area contributed by atoms with Crippen molar-refractivity contribution in [2.24, 2.45) is 5.73 Å². The Bertz CT molecular complexity index is 410. The maximum atomic E-state index is 5.86. The summed E-state index contributed by atoms with van der Waals surface area (Å²) in [5.74, 6) is 0.722. The van der Waals surface area contributed by atoms with Crippen molar-refractivity contribution >= 4 is 22.6 Å². The van der Waals surface area contributed by atoms with Gasteiger partial charge >= 0.3 is 0 Å². The molecule has 0 aliphatic rings. The number of hydrogen-bond acceptors (Lipinski definition) is 3. The predicted octanol–water partition coefficient (Wildman–Crippen LogP) is 1.94. The molecule has 2 N–H and O–H groups in total. The van der Waals surface area contributed by atoms with Gasteiger partial charge in [0.15, 0.2) is 5.58 Å². The lowest BCUT2D eigenvalue weighted by molar-refractivity contribution is 0.551. The average molecular weight is 183 g/mol. The third kappa shape index (κ3) is 1.07. The van der Waals surface area contributed by atoms with E-state index in [1.165, 1.54) is 0 Å². The van der Waals surface area contributed by atoms with Crippen LogP contribution in [0.5, 0.6) is 0 Å². The van der Waals surface area contributed by atoms with Gasteiger partial charge in [0.05, 0.1) is 17.8 Å². The molecular formula is C8H7ClN2O. The first-order valence-corrected chi connectivity index (χ1v) is 3.91. The fraction of sp³-hybridized carbons (Fsp3) is 0.125. The Kier molecular flexibility index (Phi) is 1.75. The fourth-order valence-corrected chi connectivity index (χ4v) is 1.28. The minimum Gasteiger partial charge on any atom is -0.458 e. The van der Waals surface area contributed by atoms with Gasteiger partial charge in [-0.05, 0) is 6.07 Å². The Morgan fingerprint density at radius 2 is 2.33 bits per heavy atom. The van der Waals surface area contributed by atoms with Crippen molar-refractivity contribution in [3.8, 4) is 0 Å². The van der Waals surface area contributed by atoms with Crippen molar-refractivity contribution in [3.63, 3.8) is 0 Å². The second-order valence-electron chi connectivity index (χ2n) is 2.45. The van der Waals surface area contributed by atoms with E-state index in [1.807, 2.05) is 6.07 Å². The van der Waals surface area contributed by atoms with Crippen LogP contribution in [0.3, 0.4) is 0 Å². The summed E-state index contributed by atoms with van der Waals surface area (Å²) in [5.41, 5.74) is 6.09. The van der Waals surface area contributed by atoms with Crippen LogP contribution in [0, 0.1) is 0 Å². The summed E-state index contributed by atoms with van der Waals surface area (Å²) in [6.07, 6.45) is 3.21. The number of hydrogen-bond donors (Lipinski definition) is 1. The van der Waals surface area contributed by atoms with E-state index < -0.39 is 0 Å². The number of furan rings is 1. The summed E-state index contributed by atoms with van der Waals surface area (Å²) in [6, 6.07) is 1.83. The first kappa shape index (κ1) is 7.58. The normalized spacial score (nSPS) is 10.8. The molecule has 2 heterocycles. The molecular weight excluding hydrogens is 176 g/mol. The van der Waals surface area contributed by atoms with E-state index in [0.717, 1.165) is 11.1 Å². The molecule has 0 unspecified atom stereocenters. The fourth-order valence-electron chi connectivity index (χ4n) is 1.08. The summed E-state index contributed by atoms with van der Waals surface area (Å²) < 4.78 is 5.33. The first-order chi connectivity index (χ1) is 5.81. The van der Waals surface area contributed by atoms with Gasteiger partial charge in [-0.2, -0.15) is 0 Å². The van der Waals surface area contributed by atoms with Crippen molar-refractivity contribution in [3.05, 3.63) is 29.2 Å². The molecule has 2 rings (SSSR count). The van der Waals surface area contributed by atoms with E-state index in [2.05, 4.69) is 4.98 Å². The second-order valence-corrected chi connectivity index (χ2v) is 2.86. The zero-order valence-corrected chi connectivity index (χ0v) is 7.01. The van der Waals surface area contributed by atoms with Crippen LogP contribution in [-0.4, -0.2) is 4.98 Å². The molecule has 0 aromatic carbocycles. The molecule has 0 fully saturated rings. The number of halogens is 1. The Morgan fingerprint density at radius 3 is 3.00 bits per heavy atom. The molecule has 0 radical (unpaired) electrons. The third-order valence-corrected chi connectivity index (χ3v) is 1.95. The van der Waals surface area contributed by atoms with Gasteiger partial charge in [-0.25, -0.2) is 0 Å². The van der Waals surface area contributed by atoms with Crippen molar-refractivity contribution in [1.82, 2.24) is 4.98 Å². The number of pyridine rings is 1. The van der Waals surface area contributed by atoms with E-state index >= 15 is 0 Å². The third-order valence-electron chi connectivity index (χ3n) is 1.65. The average Bonchev–Trinajstić information content (AvgIpc) is 2.49. The summed E-state index contributed by atoms with van der Waals surface area (Å²) in [5, 5.41) is 1.46. The maximum absolute atomic E-state index is 5.86. The van der Waals surface area contributed by atoms with Crippen molar-refractivity contribution in [2.75, 3.05) is 0 Å². The summed E-state index contributed by atoms with van der Waals surface area (Å²) in [7, 11) is 0. The van der Waals surface area contributed by atoms with E-state index in [-0.39, 0.29) is 0 Å². The van der Waals surface area contributed by atoms with Crippen LogP contribution < -0.4 is 5.73 Å². The highest BCUT2D eigenvalue weighted by atomic mass is 35.5. The van der Waals surface area contributed by atoms with Crippen LogP contribution in [0.1, 0.15) is 5.76 Å². The van der Waals surface area contributed by atoms with Gasteiger partial charge < -0.3 is 10.2 Å². The van der Waals surface area contributed by atoms with Crippen LogP contribution in [0.25, 0.3) is 11.0 Å². The summed E-state index contributed by atoms with van der Waals surface area (Å²) in [6.45, 7) is 0.380. The van der Waals surface area contributed by atoms with Gasteiger partial charge in [0.1, 0.15) is 5.76 Å². The SMILES string of the molecule is NCc1cc2c(Cl)cncc2o1.